The number of amides is 3. The van der Waals surface area contributed by atoms with Crippen molar-refractivity contribution in [2.75, 3.05) is 24.5 Å². The molecule has 0 bridgehead atoms. The molecule has 6 nitrogen and oxygen atoms in total. The number of carbonyl (C=O) groups is 2. The molecule has 4 rings (SSSR count). The summed E-state index contributed by atoms with van der Waals surface area (Å²) in [5.41, 5.74) is 3.02. The highest BCUT2D eigenvalue weighted by Crippen LogP contribution is 2.35. The molecule has 1 saturated heterocycles. The molecule has 6 heteroatoms. The lowest BCUT2D eigenvalue weighted by molar-refractivity contribution is -0.126. The molecule has 1 fully saturated rings. The van der Waals surface area contributed by atoms with E-state index in [1.165, 1.54) is 0 Å². The summed E-state index contributed by atoms with van der Waals surface area (Å²) in [7, 11) is 0. The summed E-state index contributed by atoms with van der Waals surface area (Å²) in [6.45, 7) is 7.71. The minimum Gasteiger partial charge on any atom is -0.487 e. The Balaban J connectivity index is 1.36. The highest BCUT2D eigenvalue weighted by molar-refractivity contribution is 5.94. The van der Waals surface area contributed by atoms with Crippen molar-refractivity contribution < 1.29 is 14.3 Å². The molecule has 0 spiro atoms. The van der Waals surface area contributed by atoms with Gasteiger partial charge in [0.15, 0.2) is 0 Å². The van der Waals surface area contributed by atoms with E-state index in [0.717, 1.165) is 22.6 Å². The zero-order valence-electron chi connectivity index (χ0n) is 18.5. The number of rotatable bonds is 3. The number of urea groups is 1. The van der Waals surface area contributed by atoms with Gasteiger partial charge in [-0.3, -0.25) is 9.69 Å². The van der Waals surface area contributed by atoms with Crippen LogP contribution in [0.5, 0.6) is 5.75 Å². The molecule has 0 saturated carbocycles. The molecule has 0 unspecified atom stereocenters. The summed E-state index contributed by atoms with van der Waals surface area (Å²) in [6.07, 6.45) is 1.31. The third kappa shape index (κ3) is 4.68. The maximum Gasteiger partial charge on any atom is 0.324 e. The number of benzene rings is 2. The van der Waals surface area contributed by atoms with E-state index in [-0.39, 0.29) is 30.0 Å². The van der Waals surface area contributed by atoms with Crippen LogP contribution in [0.1, 0.15) is 43.9 Å². The van der Waals surface area contributed by atoms with E-state index in [0.29, 0.717) is 32.5 Å². The molecule has 31 heavy (non-hydrogen) atoms. The number of carbonyl (C=O) groups excluding carboxylic acids is 2. The SMILES string of the molecule is Cc1ccc2c(c1)N(C(=O)N1CCC(C(=O)N[C@H](C)c3ccccc3)CC1)C[C@@H](C)O2. The average molecular weight is 422 g/mol. The molecule has 2 aromatic carbocycles. The van der Waals surface area contributed by atoms with Gasteiger partial charge in [-0.05, 0) is 56.9 Å². The van der Waals surface area contributed by atoms with Crippen LogP contribution in [0.15, 0.2) is 48.5 Å². The Bertz CT molecular complexity index is 938. The topological polar surface area (TPSA) is 61.9 Å². The Morgan fingerprint density at radius 2 is 1.81 bits per heavy atom. The van der Waals surface area contributed by atoms with Crippen LogP contribution < -0.4 is 15.0 Å². The van der Waals surface area contributed by atoms with Gasteiger partial charge in [0.2, 0.25) is 5.91 Å². The van der Waals surface area contributed by atoms with E-state index in [1.54, 1.807) is 0 Å². The minimum atomic E-state index is -0.0617. The average Bonchev–Trinajstić information content (AvgIpc) is 2.79. The van der Waals surface area contributed by atoms with Gasteiger partial charge in [-0.25, -0.2) is 4.79 Å². The van der Waals surface area contributed by atoms with E-state index < -0.39 is 0 Å². The summed E-state index contributed by atoms with van der Waals surface area (Å²) in [6, 6.07) is 15.9. The maximum absolute atomic E-state index is 13.3. The van der Waals surface area contributed by atoms with Crippen molar-refractivity contribution in [3.63, 3.8) is 0 Å². The molecule has 0 aliphatic carbocycles. The van der Waals surface area contributed by atoms with Gasteiger partial charge >= 0.3 is 6.03 Å². The van der Waals surface area contributed by atoms with Crippen LogP contribution in [0.25, 0.3) is 0 Å². The lowest BCUT2D eigenvalue weighted by Crippen LogP contribution is -2.52. The van der Waals surface area contributed by atoms with Crippen LogP contribution in [0.2, 0.25) is 0 Å². The van der Waals surface area contributed by atoms with Crippen LogP contribution >= 0.6 is 0 Å². The van der Waals surface area contributed by atoms with Crippen molar-refractivity contribution in [1.29, 1.82) is 0 Å². The van der Waals surface area contributed by atoms with Crippen LogP contribution in [0, 0.1) is 12.8 Å². The van der Waals surface area contributed by atoms with E-state index in [2.05, 4.69) is 5.32 Å². The molecule has 2 aliphatic rings. The number of anilines is 1. The normalized spacial score (nSPS) is 19.9. The zero-order valence-corrected chi connectivity index (χ0v) is 18.5. The molecule has 164 valence electrons. The third-order valence-corrected chi connectivity index (χ3v) is 6.20. The molecule has 3 amide bonds. The number of ether oxygens (including phenoxy) is 1. The molecule has 2 heterocycles. The quantitative estimate of drug-likeness (QED) is 0.804. The summed E-state index contributed by atoms with van der Waals surface area (Å²) in [4.78, 5) is 29.8. The van der Waals surface area contributed by atoms with Crippen LogP contribution in [0.3, 0.4) is 0 Å². The third-order valence-electron chi connectivity index (χ3n) is 6.20. The summed E-state index contributed by atoms with van der Waals surface area (Å²) in [5.74, 6) is 0.764. The first-order valence-electron chi connectivity index (χ1n) is 11.1. The van der Waals surface area contributed by atoms with Gasteiger partial charge in [0, 0.05) is 19.0 Å². The molecule has 2 aromatic rings. The predicted molar refractivity (Wildman–Crippen MR) is 121 cm³/mol. The molecule has 1 N–H and O–H groups in total. The molecule has 2 aliphatic heterocycles. The fraction of sp³-hybridized carbons (Fsp3) is 0.440. The van der Waals surface area contributed by atoms with Crippen molar-refractivity contribution in [2.24, 2.45) is 5.92 Å². The van der Waals surface area contributed by atoms with Gasteiger partial charge in [0.1, 0.15) is 11.9 Å². The number of piperidine rings is 1. The highest BCUT2D eigenvalue weighted by atomic mass is 16.5. The van der Waals surface area contributed by atoms with Gasteiger partial charge in [0.05, 0.1) is 18.3 Å². The van der Waals surface area contributed by atoms with Crippen LogP contribution in [-0.2, 0) is 4.79 Å². The van der Waals surface area contributed by atoms with Crippen LogP contribution in [-0.4, -0.2) is 42.6 Å². The fourth-order valence-corrected chi connectivity index (χ4v) is 4.39. The number of aryl methyl sites for hydroxylation is 1. The Morgan fingerprint density at radius 3 is 2.52 bits per heavy atom. The van der Waals surface area contributed by atoms with Gasteiger partial charge in [-0.2, -0.15) is 0 Å². The van der Waals surface area contributed by atoms with Gasteiger partial charge in [-0.1, -0.05) is 36.4 Å². The van der Waals surface area contributed by atoms with E-state index in [9.17, 15) is 9.59 Å². The van der Waals surface area contributed by atoms with Crippen molar-refractivity contribution >= 4 is 17.6 Å². The lowest BCUT2D eigenvalue weighted by atomic mass is 9.95. The second-order valence-corrected chi connectivity index (χ2v) is 8.70. The van der Waals surface area contributed by atoms with E-state index >= 15 is 0 Å². The Kier molecular flexibility index (Phi) is 6.16. The summed E-state index contributed by atoms with van der Waals surface area (Å²) < 4.78 is 5.91. The van der Waals surface area contributed by atoms with Crippen molar-refractivity contribution in [2.45, 2.75) is 45.8 Å². The van der Waals surface area contributed by atoms with E-state index in [4.69, 9.17) is 4.74 Å². The van der Waals surface area contributed by atoms with E-state index in [1.807, 2.05) is 79.1 Å². The molecule has 2 atom stereocenters. The fourth-order valence-electron chi connectivity index (χ4n) is 4.39. The largest absolute Gasteiger partial charge is 0.487 e. The first-order chi connectivity index (χ1) is 14.9. The minimum absolute atomic E-state index is 0.00138. The second-order valence-electron chi connectivity index (χ2n) is 8.70. The zero-order chi connectivity index (χ0) is 22.0. The predicted octanol–water partition coefficient (Wildman–Crippen LogP) is 4.29. The summed E-state index contributed by atoms with van der Waals surface area (Å²) in [5, 5.41) is 3.13. The van der Waals surface area contributed by atoms with Gasteiger partial charge in [0.25, 0.3) is 0 Å². The molecule has 0 aromatic heterocycles. The molecular weight excluding hydrogens is 390 g/mol. The Morgan fingerprint density at radius 1 is 1.10 bits per heavy atom. The standard InChI is InChI=1S/C25H31N3O3/c1-17-9-10-23-22(15-17)28(16-18(2)31-23)25(30)27-13-11-21(12-14-27)24(29)26-19(3)20-7-5-4-6-8-20/h4-10,15,18-19,21H,11-14,16H2,1-3H3,(H,26,29)/t18-,19-/m1/s1. The van der Waals surface area contributed by atoms with Crippen molar-refractivity contribution in [3.8, 4) is 5.75 Å². The summed E-state index contributed by atoms with van der Waals surface area (Å²) >= 11 is 0. The first kappa shape index (κ1) is 21.2. The van der Waals surface area contributed by atoms with Crippen molar-refractivity contribution in [1.82, 2.24) is 10.2 Å². The Labute approximate surface area is 184 Å². The highest BCUT2D eigenvalue weighted by Gasteiger charge is 2.34. The number of hydrogen-bond donors (Lipinski definition) is 1. The van der Waals surface area contributed by atoms with Crippen LogP contribution in [0.4, 0.5) is 10.5 Å². The maximum atomic E-state index is 13.3. The number of fused-ring (bicyclic) bond motifs is 1. The van der Waals surface area contributed by atoms with Gasteiger partial charge in [-0.15, -0.1) is 0 Å². The van der Waals surface area contributed by atoms with Crippen molar-refractivity contribution in [3.05, 3.63) is 59.7 Å². The number of hydrogen-bond acceptors (Lipinski definition) is 3. The number of nitrogens with one attached hydrogen (secondary N) is 1. The molecular formula is C25H31N3O3. The smallest absolute Gasteiger partial charge is 0.324 e. The van der Waals surface area contributed by atoms with Gasteiger partial charge < -0.3 is 15.0 Å². The second kappa shape index (κ2) is 9.00. The number of nitrogens with zero attached hydrogens (tertiary/aromatic N) is 2. The Hall–Kier alpha value is -3.02. The number of likely N-dealkylation sites (tertiary alicyclic amines) is 1. The first-order valence-corrected chi connectivity index (χ1v) is 11.1. The lowest BCUT2D eigenvalue weighted by Gasteiger charge is -2.39. The monoisotopic (exact) mass is 421 g/mol. The molecule has 0 radical (unpaired) electrons.